The molecular weight excluding hydrogens is 334 g/mol. The highest BCUT2D eigenvalue weighted by Gasteiger charge is 2.11. The van der Waals surface area contributed by atoms with Gasteiger partial charge in [-0.05, 0) is 48.4 Å². The van der Waals surface area contributed by atoms with E-state index in [1.807, 2.05) is 42.6 Å². The Hall–Kier alpha value is -3.91. The maximum Gasteiger partial charge on any atom is 0.103 e. The number of anilines is 2. The highest BCUT2D eigenvalue weighted by atomic mass is 14.9. The summed E-state index contributed by atoms with van der Waals surface area (Å²) >= 11 is 0. The zero-order valence-corrected chi connectivity index (χ0v) is 14.8. The number of aryl methyl sites for hydroxylation is 1. The van der Waals surface area contributed by atoms with Crippen LogP contribution in [0.1, 0.15) is 22.3 Å². The number of aromatic nitrogens is 3. The Morgan fingerprint density at radius 2 is 1.89 bits per heavy atom. The Balaban J connectivity index is 1.76. The number of pyridine rings is 2. The van der Waals surface area contributed by atoms with Crippen molar-refractivity contribution in [3.8, 4) is 6.07 Å². The van der Waals surface area contributed by atoms with Crippen molar-refractivity contribution in [2.45, 2.75) is 6.92 Å². The van der Waals surface area contributed by atoms with Crippen molar-refractivity contribution >= 4 is 34.4 Å². The Bertz CT molecular complexity index is 1170. The van der Waals surface area contributed by atoms with Gasteiger partial charge in [0.05, 0.1) is 11.3 Å². The predicted molar refractivity (Wildman–Crippen MR) is 108 cm³/mol. The SMILES string of the molecule is Cc1c(Nc2c(C#N)cncc2C=Cc2ccncc2)ccc2[nH]ccc12. The van der Waals surface area contributed by atoms with E-state index in [0.29, 0.717) is 5.56 Å². The van der Waals surface area contributed by atoms with Crippen LogP contribution in [-0.2, 0) is 0 Å². The molecule has 0 bridgehead atoms. The molecular formula is C22H17N5. The number of aromatic amines is 1. The van der Waals surface area contributed by atoms with Gasteiger partial charge in [-0.15, -0.1) is 0 Å². The molecule has 0 aliphatic heterocycles. The third-order valence-electron chi connectivity index (χ3n) is 4.52. The molecule has 4 aromatic rings. The third kappa shape index (κ3) is 3.29. The molecule has 0 spiro atoms. The second-order valence-corrected chi connectivity index (χ2v) is 6.18. The van der Waals surface area contributed by atoms with E-state index in [1.54, 1.807) is 24.8 Å². The molecule has 0 aliphatic rings. The van der Waals surface area contributed by atoms with E-state index in [2.05, 4.69) is 39.3 Å². The van der Waals surface area contributed by atoms with Gasteiger partial charge in [-0.3, -0.25) is 9.97 Å². The Labute approximate surface area is 157 Å². The summed E-state index contributed by atoms with van der Waals surface area (Å²) in [5.74, 6) is 0. The molecule has 0 unspecified atom stereocenters. The van der Waals surface area contributed by atoms with Crippen molar-refractivity contribution < 1.29 is 0 Å². The summed E-state index contributed by atoms with van der Waals surface area (Å²) in [5.41, 5.74) is 6.30. The molecule has 0 amide bonds. The van der Waals surface area contributed by atoms with Crippen molar-refractivity contribution in [2.24, 2.45) is 0 Å². The van der Waals surface area contributed by atoms with Gasteiger partial charge < -0.3 is 10.3 Å². The molecule has 0 aliphatic carbocycles. The summed E-state index contributed by atoms with van der Waals surface area (Å²) in [6.45, 7) is 2.07. The van der Waals surface area contributed by atoms with Crippen LogP contribution in [0.4, 0.5) is 11.4 Å². The van der Waals surface area contributed by atoms with E-state index in [9.17, 15) is 5.26 Å². The van der Waals surface area contributed by atoms with Gasteiger partial charge in [0.1, 0.15) is 6.07 Å². The van der Waals surface area contributed by atoms with E-state index in [0.717, 1.165) is 39.0 Å². The predicted octanol–water partition coefficient (Wildman–Crippen LogP) is 5.05. The molecule has 1 aromatic carbocycles. The fraction of sp³-hybridized carbons (Fsp3) is 0.0455. The molecule has 0 atom stereocenters. The number of rotatable bonds is 4. The fourth-order valence-corrected chi connectivity index (χ4v) is 3.04. The van der Waals surface area contributed by atoms with Crippen LogP contribution in [0.2, 0.25) is 0 Å². The molecule has 5 nitrogen and oxygen atoms in total. The van der Waals surface area contributed by atoms with Crippen LogP contribution in [0.5, 0.6) is 0 Å². The van der Waals surface area contributed by atoms with E-state index in [1.165, 1.54) is 0 Å². The van der Waals surface area contributed by atoms with Crippen LogP contribution in [0.15, 0.2) is 61.3 Å². The molecule has 3 aromatic heterocycles. The zero-order valence-electron chi connectivity index (χ0n) is 14.8. The largest absolute Gasteiger partial charge is 0.361 e. The van der Waals surface area contributed by atoms with Crippen LogP contribution in [-0.4, -0.2) is 15.0 Å². The van der Waals surface area contributed by atoms with Crippen LogP contribution in [0.3, 0.4) is 0 Å². The average Bonchev–Trinajstić information content (AvgIpc) is 3.19. The monoisotopic (exact) mass is 351 g/mol. The minimum Gasteiger partial charge on any atom is -0.361 e. The first-order valence-electron chi connectivity index (χ1n) is 8.56. The van der Waals surface area contributed by atoms with Gasteiger partial charge >= 0.3 is 0 Å². The van der Waals surface area contributed by atoms with Crippen LogP contribution < -0.4 is 5.32 Å². The van der Waals surface area contributed by atoms with Crippen molar-refractivity contribution in [1.29, 1.82) is 5.26 Å². The molecule has 5 heteroatoms. The molecule has 0 saturated carbocycles. The minimum atomic E-state index is 0.500. The number of fused-ring (bicyclic) bond motifs is 1. The zero-order chi connectivity index (χ0) is 18.6. The summed E-state index contributed by atoms with van der Waals surface area (Å²) in [5, 5.41) is 14.1. The smallest absolute Gasteiger partial charge is 0.103 e. The quantitative estimate of drug-likeness (QED) is 0.539. The Morgan fingerprint density at radius 1 is 1.04 bits per heavy atom. The Kier molecular flexibility index (Phi) is 4.38. The van der Waals surface area contributed by atoms with E-state index in [-0.39, 0.29) is 0 Å². The topological polar surface area (TPSA) is 77.4 Å². The van der Waals surface area contributed by atoms with Gasteiger partial charge in [-0.2, -0.15) is 5.26 Å². The average molecular weight is 351 g/mol. The molecule has 130 valence electrons. The molecule has 4 rings (SSSR count). The summed E-state index contributed by atoms with van der Waals surface area (Å²) in [7, 11) is 0. The highest BCUT2D eigenvalue weighted by Crippen LogP contribution is 2.31. The van der Waals surface area contributed by atoms with Gasteiger partial charge in [0, 0.05) is 53.1 Å². The number of nitrogens with one attached hydrogen (secondary N) is 2. The van der Waals surface area contributed by atoms with Gasteiger partial charge in [0.25, 0.3) is 0 Å². The summed E-state index contributed by atoms with van der Waals surface area (Å²) in [6, 6.07) is 12.2. The van der Waals surface area contributed by atoms with E-state index in [4.69, 9.17) is 0 Å². The van der Waals surface area contributed by atoms with Crippen molar-refractivity contribution in [3.05, 3.63) is 83.6 Å². The van der Waals surface area contributed by atoms with Crippen molar-refractivity contribution in [3.63, 3.8) is 0 Å². The van der Waals surface area contributed by atoms with E-state index >= 15 is 0 Å². The fourth-order valence-electron chi connectivity index (χ4n) is 3.04. The molecule has 0 radical (unpaired) electrons. The van der Waals surface area contributed by atoms with Gasteiger partial charge in [-0.1, -0.05) is 12.2 Å². The lowest BCUT2D eigenvalue weighted by molar-refractivity contribution is 1.28. The second-order valence-electron chi connectivity index (χ2n) is 6.18. The van der Waals surface area contributed by atoms with Crippen LogP contribution in [0.25, 0.3) is 23.1 Å². The first kappa shape index (κ1) is 16.6. The number of nitrogens with zero attached hydrogens (tertiary/aromatic N) is 3. The van der Waals surface area contributed by atoms with Crippen LogP contribution in [0, 0.1) is 18.3 Å². The number of hydrogen-bond acceptors (Lipinski definition) is 4. The molecule has 3 heterocycles. The molecule has 27 heavy (non-hydrogen) atoms. The van der Waals surface area contributed by atoms with Crippen LogP contribution >= 0.6 is 0 Å². The normalized spacial score (nSPS) is 11.0. The standard InChI is InChI=1S/C22H17N5/c1-15-19-8-11-26-21(19)5-4-20(15)27-22-17(13-25-14-18(22)12-23)3-2-16-6-9-24-10-7-16/h2-11,13-14,26H,1H3,(H,25,27). The number of H-pyrrole nitrogens is 1. The maximum absolute atomic E-state index is 9.55. The third-order valence-corrected chi connectivity index (χ3v) is 4.52. The minimum absolute atomic E-state index is 0.500. The molecule has 0 fully saturated rings. The highest BCUT2D eigenvalue weighted by molar-refractivity contribution is 5.90. The number of nitriles is 1. The van der Waals surface area contributed by atoms with E-state index < -0.39 is 0 Å². The van der Waals surface area contributed by atoms with Crippen molar-refractivity contribution in [2.75, 3.05) is 5.32 Å². The van der Waals surface area contributed by atoms with Gasteiger partial charge in [0.2, 0.25) is 0 Å². The first-order chi connectivity index (χ1) is 13.3. The summed E-state index contributed by atoms with van der Waals surface area (Å²) in [4.78, 5) is 11.4. The van der Waals surface area contributed by atoms with Gasteiger partial charge in [-0.25, -0.2) is 0 Å². The number of benzene rings is 1. The molecule has 0 saturated heterocycles. The maximum atomic E-state index is 9.55. The lowest BCUT2D eigenvalue weighted by Crippen LogP contribution is -1.99. The Morgan fingerprint density at radius 3 is 2.70 bits per heavy atom. The van der Waals surface area contributed by atoms with Crippen molar-refractivity contribution in [1.82, 2.24) is 15.0 Å². The second kappa shape index (κ2) is 7.14. The lowest BCUT2D eigenvalue weighted by Gasteiger charge is -2.14. The van der Waals surface area contributed by atoms with Gasteiger partial charge in [0.15, 0.2) is 0 Å². The lowest BCUT2D eigenvalue weighted by atomic mass is 10.1. The number of hydrogen-bond donors (Lipinski definition) is 2. The summed E-state index contributed by atoms with van der Waals surface area (Å²) in [6.07, 6.45) is 12.7. The first-order valence-corrected chi connectivity index (χ1v) is 8.56. The molecule has 2 N–H and O–H groups in total. The summed E-state index contributed by atoms with van der Waals surface area (Å²) < 4.78 is 0.